The third-order valence-electron chi connectivity index (χ3n) is 3.55. The maximum atomic E-state index is 11.9. The van der Waals surface area contributed by atoms with Crippen molar-refractivity contribution in [1.29, 1.82) is 0 Å². The average molecular weight is 226 g/mol. The lowest BCUT2D eigenvalue weighted by Gasteiger charge is -2.39. The Kier molecular flexibility index (Phi) is 3.50. The summed E-state index contributed by atoms with van der Waals surface area (Å²) < 4.78 is 5.66. The van der Waals surface area contributed by atoms with Crippen LogP contribution >= 0.6 is 0 Å². The van der Waals surface area contributed by atoms with E-state index in [9.17, 15) is 4.79 Å². The average Bonchev–Trinajstić information content (AvgIpc) is 2.23. The zero-order valence-electron chi connectivity index (χ0n) is 10.3. The van der Waals surface area contributed by atoms with Crippen LogP contribution < -0.4 is 5.32 Å². The summed E-state index contributed by atoms with van der Waals surface area (Å²) >= 11 is 0. The monoisotopic (exact) mass is 226 g/mol. The molecule has 4 heteroatoms. The van der Waals surface area contributed by atoms with Crippen LogP contribution in [0.4, 0.5) is 0 Å². The molecule has 0 aromatic carbocycles. The minimum absolute atomic E-state index is 0.114. The lowest BCUT2D eigenvalue weighted by molar-refractivity contribution is -0.147. The van der Waals surface area contributed by atoms with E-state index >= 15 is 0 Å². The molecule has 0 radical (unpaired) electrons. The Bertz CT molecular complexity index is 264. The zero-order chi connectivity index (χ0) is 11.6. The standard InChI is InChI=1S/C12H22N2O2/c1-10-4-3-5-14(6-10)11(15)7-16-12(2)8-13-9-12/h10,13H,3-9H2,1-2H3. The van der Waals surface area contributed by atoms with E-state index in [0.29, 0.717) is 5.92 Å². The highest BCUT2D eigenvalue weighted by Crippen LogP contribution is 2.18. The third-order valence-corrected chi connectivity index (χ3v) is 3.55. The van der Waals surface area contributed by atoms with Gasteiger partial charge in [-0.1, -0.05) is 6.92 Å². The van der Waals surface area contributed by atoms with E-state index in [1.54, 1.807) is 0 Å². The first kappa shape index (κ1) is 11.9. The number of ether oxygens (including phenoxy) is 1. The van der Waals surface area contributed by atoms with Gasteiger partial charge in [0.15, 0.2) is 0 Å². The minimum Gasteiger partial charge on any atom is -0.363 e. The van der Waals surface area contributed by atoms with Gasteiger partial charge < -0.3 is 15.0 Å². The Morgan fingerprint density at radius 3 is 2.88 bits per heavy atom. The zero-order valence-corrected chi connectivity index (χ0v) is 10.3. The summed E-state index contributed by atoms with van der Waals surface area (Å²) in [5.74, 6) is 0.790. The molecule has 0 bridgehead atoms. The van der Waals surface area contributed by atoms with E-state index in [-0.39, 0.29) is 18.1 Å². The molecule has 0 spiro atoms. The van der Waals surface area contributed by atoms with Gasteiger partial charge in [-0.2, -0.15) is 0 Å². The summed E-state index contributed by atoms with van der Waals surface area (Å²) in [5.41, 5.74) is -0.114. The molecular weight excluding hydrogens is 204 g/mol. The Hall–Kier alpha value is -0.610. The second-order valence-electron chi connectivity index (χ2n) is 5.43. The van der Waals surface area contributed by atoms with Gasteiger partial charge in [-0.05, 0) is 25.7 Å². The number of carbonyl (C=O) groups excluding carboxylic acids is 1. The molecule has 1 atom stereocenters. The van der Waals surface area contributed by atoms with Crippen LogP contribution in [-0.4, -0.2) is 49.2 Å². The molecule has 92 valence electrons. The maximum Gasteiger partial charge on any atom is 0.248 e. The number of nitrogens with zero attached hydrogens (tertiary/aromatic N) is 1. The number of rotatable bonds is 3. The maximum absolute atomic E-state index is 11.9. The Labute approximate surface area is 97.3 Å². The minimum atomic E-state index is -0.114. The van der Waals surface area contributed by atoms with E-state index in [1.165, 1.54) is 6.42 Å². The first-order valence-corrected chi connectivity index (χ1v) is 6.21. The molecule has 2 heterocycles. The van der Waals surface area contributed by atoms with E-state index in [1.807, 2.05) is 4.90 Å². The van der Waals surface area contributed by atoms with E-state index in [2.05, 4.69) is 19.2 Å². The highest BCUT2D eigenvalue weighted by atomic mass is 16.5. The summed E-state index contributed by atoms with van der Waals surface area (Å²) in [6, 6.07) is 0. The normalized spacial score (nSPS) is 28.6. The predicted molar refractivity (Wildman–Crippen MR) is 62.2 cm³/mol. The van der Waals surface area contributed by atoms with Crippen LogP contribution in [0, 0.1) is 5.92 Å². The van der Waals surface area contributed by atoms with Crippen molar-refractivity contribution in [2.75, 3.05) is 32.8 Å². The summed E-state index contributed by atoms with van der Waals surface area (Å²) in [6.45, 7) is 8.02. The molecule has 1 unspecified atom stereocenters. The molecule has 0 saturated carbocycles. The summed E-state index contributed by atoms with van der Waals surface area (Å²) in [4.78, 5) is 13.9. The van der Waals surface area contributed by atoms with Crippen LogP contribution in [-0.2, 0) is 9.53 Å². The molecule has 4 nitrogen and oxygen atoms in total. The largest absolute Gasteiger partial charge is 0.363 e. The number of amides is 1. The van der Waals surface area contributed by atoms with Crippen molar-refractivity contribution in [3.8, 4) is 0 Å². The molecule has 1 amide bonds. The van der Waals surface area contributed by atoms with E-state index in [4.69, 9.17) is 4.74 Å². The van der Waals surface area contributed by atoms with Crippen LogP contribution in [0.5, 0.6) is 0 Å². The fourth-order valence-corrected chi connectivity index (χ4v) is 2.32. The van der Waals surface area contributed by atoms with Gasteiger partial charge >= 0.3 is 0 Å². The van der Waals surface area contributed by atoms with Crippen molar-refractivity contribution in [1.82, 2.24) is 10.2 Å². The van der Waals surface area contributed by atoms with Gasteiger partial charge in [-0.15, -0.1) is 0 Å². The number of hydrogen-bond acceptors (Lipinski definition) is 3. The summed E-state index contributed by atoms with van der Waals surface area (Å²) in [6.07, 6.45) is 2.37. The molecule has 0 aromatic heterocycles. The van der Waals surface area contributed by atoms with Gasteiger partial charge in [0.05, 0.1) is 5.60 Å². The van der Waals surface area contributed by atoms with Gasteiger partial charge in [-0.25, -0.2) is 0 Å². The van der Waals surface area contributed by atoms with Crippen molar-refractivity contribution >= 4 is 5.91 Å². The van der Waals surface area contributed by atoms with E-state index < -0.39 is 0 Å². The fraction of sp³-hybridized carbons (Fsp3) is 0.917. The van der Waals surface area contributed by atoms with Crippen molar-refractivity contribution in [3.05, 3.63) is 0 Å². The lowest BCUT2D eigenvalue weighted by Crippen LogP contribution is -2.59. The van der Waals surface area contributed by atoms with Crippen LogP contribution in [0.1, 0.15) is 26.7 Å². The first-order valence-electron chi connectivity index (χ1n) is 6.21. The molecule has 2 saturated heterocycles. The van der Waals surface area contributed by atoms with Gasteiger partial charge in [0.2, 0.25) is 5.91 Å². The molecule has 0 aromatic rings. The van der Waals surface area contributed by atoms with Crippen molar-refractivity contribution in [3.63, 3.8) is 0 Å². The summed E-state index contributed by atoms with van der Waals surface area (Å²) in [7, 11) is 0. The topological polar surface area (TPSA) is 41.6 Å². The number of nitrogens with one attached hydrogen (secondary N) is 1. The molecule has 2 aliphatic heterocycles. The molecule has 1 N–H and O–H groups in total. The molecule has 2 rings (SSSR count). The Morgan fingerprint density at radius 2 is 2.31 bits per heavy atom. The molecule has 2 fully saturated rings. The molecular formula is C12H22N2O2. The SMILES string of the molecule is CC1CCCN(C(=O)COC2(C)CNC2)C1. The van der Waals surface area contributed by atoms with Crippen molar-refractivity contribution in [2.45, 2.75) is 32.3 Å². The van der Waals surface area contributed by atoms with E-state index in [0.717, 1.165) is 32.6 Å². The lowest BCUT2D eigenvalue weighted by atomic mass is 9.99. The second kappa shape index (κ2) is 4.72. The second-order valence-corrected chi connectivity index (χ2v) is 5.43. The third kappa shape index (κ3) is 2.74. The van der Waals surface area contributed by atoms with Crippen LogP contribution in [0.3, 0.4) is 0 Å². The van der Waals surface area contributed by atoms with Gasteiger partial charge in [-0.3, -0.25) is 4.79 Å². The molecule has 0 aliphatic carbocycles. The Morgan fingerprint density at radius 1 is 1.56 bits per heavy atom. The number of likely N-dealkylation sites (tertiary alicyclic amines) is 1. The highest BCUT2D eigenvalue weighted by Gasteiger charge is 2.33. The Balaban J connectivity index is 1.74. The molecule has 16 heavy (non-hydrogen) atoms. The number of carbonyl (C=O) groups is 1. The fourth-order valence-electron chi connectivity index (χ4n) is 2.32. The van der Waals surface area contributed by atoms with Gasteiger partial charge in [0.25, 0.3) is 0 Å². The highest BCUT2D eigenvalue weighted by molar-refractivity contribution is 5.77. The van der Waals surface area contributed by atoms with Crippen molar-refractivity contribution < 1.29 is 9.53 Å². The first-order chi connectivity index (χ1) is 7.59. The van der Waals surface area contributed by atoms with Crippen molar-refractivity contribution in [2.24, 2.45) is 5.92 Å². The predicted octanol–water partition coefficient (Wildman–Crippen LogP) is 0.623. The smallest absolute Gasteiger partial charge is 0.248 e. The van der Waals surface area contributed by atoms with Crippen LogP contribution in [0.15, 0.2) is 0 Å². The quantitative estimate of drug-likeness (QED) is 0.767. The van der Waals surface area contributed by atoms with Gasteiger partial charge in [0.1, 0.15) is 6.61 Å². The van der Waals surface area contributed by atoms with Gasteiger partial charge in [0, 0.05) is 26.2 Å². The number of piperidine rings is 1. The van der Waals surface area contributed by atoms with Crippen LogP contribution in [0.2, 0.25) is 0 Å². The summed E-state index contributed by atoms with van der Waals surface area (Å²) in [5, 5.41) is 3.16. The molecule has 2 aliphatic rings. The number of hydrogen-bond donors (Lipinski definition) is 1. The van der Waals surface area contributed by atoms with Crippen LogP contribution in [0.25, 0.3) is 0 Å².